The molecule has 0 spiro atoms. The van der Waals surface area contributed by atoms with E-state index in [1.165, 1.54) is 11.3 Å². The third-order valence-corrected chi connectivity index (χ3v) is 3.38. The number of hydrogen-bond donors (Lipinski definition) is 1. The Morgan fingerprint density at radius 3 is 2.63 bits per heavy atom. The smallest absolute Gasteiger partial charge is 0.0760 e. The second kappa shape index (κ2) is 5.97. The maximum absolute atomic E-state index is 4.62. The lowest BCUT2D eigenvalue weighted by Crippen LogP contribution is -2.21. The molecular weight excluding hydrogens is 236 g/mol. The average Bonchev–Trinajstić information content (AvgIpc) is 2.85. The first-order chi connectivity index (χ1) is 9.19. The van der Waals surface area contributed by atoms with Gasteiger partial charge in [0.15, 0.2) is 0 Å². The van der Waals surface area contributed by atoms with Crippen LogP contribution in [0.4, 0.5) is 0 Å². The van der Waals surface area contributed by atoms with Crippen LogP contribution in [0, 0.1) is 6.92 Å². The fourth-order valence-electron chi connectivity index (χ4n) is 2.28. The molecule has 0 aliphatic rings. The van der Waals surface area contributed by atoms with Gasteiger partial charge in [-0.05, 0) is 45.0 Å². The maximum Gasteiger partial charge on any atom is 0.0760 e. The van der Waals surface area contributed by atoms with Crippen molar-refractivity contribution >= 4 is 0 Å². The minimum atomic E-state index is 0.140. The third-order valence-electron chi connectivity index (χ3n) is 3.38. The van der Waals surface area contributed by atoms with Gasteiger partial charge in [0.25, 0.3) is 0 Å². The second-order valence-electron chi connectivity index (χ2n) is 4.68. The van der Waals surface area contributed by atoms with Crippen molar-refractivity contribution in [2.75, 3.05) is 7.05 Å². The van der Waals surface area contributed by atoms with Crippen molar-refractivity contribution in [3.05, 3.63) is 47.0 Å². The summed E-state index contributed by atoms with van der Waals surface area (Å²) >= 11 is 0. The molecule has 0 aliphatic carbocycles. The molecule has 102 valence electrons. The summed E-state index contributed by atoms with van der Waals surface area (Å²) in [6.07, 6.45) is 2.90. The Labute approximate surface area is 114 Å². The third kappa shape index (κ3) is 2.84. The molecular formula is C15H22N4. The zero-order chi connectivity index (χ0) is 13.8. The van der Waals surface area contributed by atoms with Gasteiger partial charge in [0, 0.05) is 18.4 Å². The lowest BCUT2D eigenvalue weighted by atomic mass is 10.0. The fraction of sp³-hybridized carbons (Fsp3) is 0.467. The molecule has 1 atom stereocenters. The quantitative estimate of drug-likeness (QED) is 0.896. The molecule has 4 nitrogen and oxygen atoms in total. The Bertz CT molecular complexity index is 528. The number of aromatic nitrogens is 3. The van der Waals surface area contributed by atoms with Gasteiger partial charge in [-0.15, -0.1) is 0 Å². The first-order valence-electron chi connectivity index (χ1n) is 6.86. The second-order valence-corrected chi connectivity index (χ2v) is 4.68. The molecule has 0 fully saturated rings. The van der Waals surface area contributed by atoms with E-state index < -0.39 is 0 Å². The predicted molar refractivity (Wildman–Crippen MR) is 77.2 cm³/mol. The van der Waals surface area contributed by atoms with E-state index >= 15 is 0 Å². The van der Waals surface area contributed by atoms with Crippen LogP contribution < -0.4 is 5.32 Å². The van der Waals surface area contributed by atoms with Crippen molar-refractivity contribution < 1.29 is 0 Å². The lowest BCUT2D eigenvalue weighted by molar-refractivity contribution is 0.559. The van der Waals surface area contributed by atoms with Crippen molar-refractivity contribution in [3.63, 3.8) is 0 Å². The predicted octanol–water partition coefficient (Wildman–Crippen LogP) is 2.48. The molecule has 4 heteroatoms. The van der Waals surface area contributed by atoms with E-state index in [9.17, 15) is 0 Å². The van der Waals surface area contributed by atoms with E-state index in [1.807, 2.05) is 26.2 Å². The summed E-state index contributed by atoms with van der Waals surface area (Å²) in [6, 6.07) is 6.50. The summed E-state index contributed by atoms with van der Waals surface area (Å²) < 4.78 is 2.07. The summed E-state index contributed by atoms with van der Waals surface area (Å²) in [5.41, 5.74) is 4.55. The average molecular weight is 258 g/mol. The first kappa shape index (κ1) is 13.7. The number of rotatable bonds is 5. The van der Waals surface area contributed by atoms with Crippen LogP contribution in [0.2, 0.25) is 0 Å². The van der Waals surface area contributed by atoms with Gasteiger partial charge < -0.3 is 5.32 Å². The Balaban J connectivity index is 2.41. The normalized spacial score (nSPS) is 12.6. The number of hydrogen-bond acceptors (Lipinski definition) is 3. The van der Waals surface area contributed by atoms with E-state index in [0.717, 1.165) is 24.4 Å². The maximum atomic E-state index is 4.62. The molecule has 19 heavy (non-hydrogen) atoms. The number of pyridine rings is 1. The molecule has 0 saturated heterocycles. The van der Waals surface area contributed by atoms with Gasteiger partial charge in [-0.1, -0.05) is 13.0 Å². The molecule has 0 radical (unpaired) electrons. The molecule has 2 aromatic rings. The summed E-state index contributed by atoms with van der Waals surface area (Å²) in [6.45, 7) is 7.14. The molecule has 0 amide bonds. The molecule has 1 unspecified atom stereocenters. The van der Waals surface area contributed by atoms with Crippen molar-refractivity contribution in [1.29, 1.82) is 0 Å². The Morgan fingerprint density at radius 1 is 1.32 bits per heavy atom. The van der Waals surface area contributed by atoms with Gasteiger partial charge in [-0.25, -0.2) is 0 Å². The number of nitrogens with one attached hydrogen (secondary N) is 1. The summed E-state index contributed by atoms with van der Waals surface area (Å²) in [7, 11) is 1.98. The van der Waals surface area contributed by atoms with Gasteiger partial charge in [0.2, 0.25) is 0 Å². The molecule has 1 N–H and O–H groups in total. The molecule has 0 saturated carbocycles. The molecule has 0 aromatic carbocycles. The van der Waals surface area contributed by atoms with Crippen LogP contribution in [0.1, 0.15) is 42.5 Å². The molecule has 2 heterocycles. The van der Waals surface area contributed by atoms with Crippen LogP contribution in [0.15, 0.2) is 24.4 Å². The molecule has 2 rings (SSSR count). The van der Waals surface area contributed by atoms with Crippen molar-refractivity contribution in [2.24, 2.45) is 0 Å². The van der Waals surface area contributed by atoms with Crippen LogP contribution in [-0.4, -0.2) is 21.8 Å². The molecule has 2 aromatic heterocycles. The van der Waals surface area contributed by atoms with Gasteiger partial charge in [0.1, 0.15) is 0 Å². The Kier molecular flexibility index (Phi) is 4.32. The van der Waals surface area contributed by atoms with E-state index in [2.05, 4.69) is 46.1 Å². The van der Waals surface area contributed by atoms with Crippen molar-refractivity contribution in [3.8, 4) is 0 Å². The zero-order valence-corrected chi connectivity index (χ0v) is 12.1. The highest BCUT2D eigenvalue weighted by atomic mass is 15.3. The van der Waals surface area contributed by atoms with E-state index in [4.69, 9.17) is 0 Å². The van der Waals surface area contributed by atoms with Gasteiger partial charge in [0.05, 0.1) is 17.4 Å². The zero-order valence-electron chi connectivity index (χ0n) is 12.1. The van der Waals surface area contributed by atoms with Crippen LogP contribution in [0.25, 0.3) is 0 Å². The number of aryl methyl sites for hydroxylation is 3. The minimum Gasteiger partial charge on any atom is -0.308 e. The summed E-state index contributed by atoms with van der Waals surface area (Å²) in [5, 5.41) is 7.98. The first-order valence-corrected chi connectivity index (χ1v) is 6.86. The topological polar surface area (TPSA) is 42.7 Å². The van der Waals surface area contributed by atoms with Crippen molar-refractivity contribution in [2.45, 2.75) is 39.8 Å². The van der Waals surface area contributed by atoms with Crippen LogP contribution in [0.3, 0.4) is 0 Å². The van der Waals surface area contributed by atoms with E-state index in [0.29, 0.717) is 0 Å². The molecule has 0 aliphatic heterocycles. The largest absolute Gasteiger partial charge is 0.308 e. The summed E-state index contributed by atoms with van der Waals surface area (Å²) in [5.74, 6) is 0. The standard InChI is InChI=1S/C15H22N4/c1-5-13-9-14(19(6-2)18-13)15(16-4)12-8-7-11(3)17-10-12/h7-10,15-16H,5-6H2,1-4H3. The van der Waals surface area contributed by atoms with E-state index in [-0.39, 0.29) is 6.04 Å². The summed E-state index contributed by atoms with van der Waals surface area (Å²) in [4.78, 5) is 4.39. The van der Waals surface area contributed by atoms with Gasteiger partial charge in [-0.3, -0.25) is 9.67 Å². The molecule has 0 bridgehead atoms. The van der Waals surface area contributed by atoms with Crippen LogP contribution in [-0.2, 0) is 13.0 Å². The number of nitrogens with zero attached hydrogens (tertiary/aromatic N) is 3. The van der Waals surface area contributed by atoms with Gasteiger partial charge >= 0.3 is 0 Å². The highest BCUT2D eigenvalue weighted by molar-refractivity contribution is 5.28. The Hall–Kier alpha value is -1.68. The van der Waals surface area contributed by atoms with Crippen LogP contribution >= 0.6 is 0 Å². The van der Waals surface area contributed by atoms with Gasteiger partial charge in [-0.2, -0.15) is 5.10 Å². The monoisotopic (exact) mass is 258 g/mol. The van der Waals surface area contributed by atoms with E-state index in [1.54, 1.807) is 0 Å². The highest BCUT2D eigenvalue weighted by Crippen LogP contribution is 2.22. The van der Waals surface area contributed by atoms with Crippen molar-refractivity contribution in [1.82, 2.24) is 20.1 Å². The lowest BCUT2D eigenvalue weighted by Gasteiger charge is -2.17. The fourth-order valence-corrected chi connectivity index (χ4v) is 2.28. The highest BCUT2D eigenvalue weighted by Gasteiger charge is 2.18. The minimum absolute atomic E-state index is 0.140. The Morgan fingerprint density at radius 2 is 2.11 bits per heavy atom. The van der Waals surface area contributed by atoms with Crippen LogP contribution in [0.5, 0.6) is 0 Å². The SMILES string of the molecule is CCc1cc(C(NC)c2ccc(C)nc2)n(CC)n1.